The van der Waals surface area contributed by atoms with E-state index in [2.05, 4.69) is 41.0 Å². The van der Waals surface area contributed by atoms with Crippen molar-refractivity contribution in [3.63, 3.8) is 0 Å². The van der Waals surface area contributed by atoms with Crippen LogP contribution in [0.25, 0.3) is 12.2 Å². The van der Waals surface area contributed by atoms with Crippen molar-refractivity contribution in [1.82, 2.24) is 5.32 Å². The Morgan fingerprint density at radius 3 is 2.06 bits per heavy atom. The van der Waals surface area contributed by atoms with E-state index >= 15 is 0 Å². The smallest absolute Gasteiger partial charge is 0.257 e. The second-order valence-electron chi connectivity index (χ2n) is 7.44. The maximum absolute atomic E-state index is 12.8. The van der Waals surface area contributed by atoms with Gasteiger partial charge in [-0.1, -0.05) is 48.6 Å². The lowest BCUT2D eigenvalue weighted by Crippen LogP contribution is -2.34. The standard InChI is InChI=1S/C26H24N2O4S/c1-30-22-14-20(15-23(31-2)24(22)32-3)25(29)28-26(33)27-21-10-6-9-18(13-21)19-11-16-7-4-5-8-17(16)12-19/h4-15,19H,1-3H3,(H2,27,28,29,33). The predicted molar refractivity (Wildman–Crippen MR) is 134 cm³/mol. The summed E-state index contributed by atoms with van der Waals surface area (Å²) in [4.78, 5) is 12.8. The molecule has 1 amide bonds. The van der Waals surface area contributed by atoms with E-state index in [4.69, 9.17) is 26.4 Å². The molecule has 1 aliphatic rings. The fourth-order valence-corrected chi connectivity index (χ4v) is 4.03. The van der Waals surface area contributed by atoms with E-state index in [1.54, 1.807) is 12.1 Å². The highest BCUT2D eigenvalue weighted by Gasteiger charge is 2.18. The first kappa shape index (κ1) is 22.4. The Morgan fingerprint density at radius 1 is 0.848 bits per heavy atom. The number of methoxy groups -OCH3 is 3. The highest BCUT2D eigenvalue weighted by atomic mass is 32.1. The van der Waals surface area contributed by atoms with E-state index in [-0.39, 0.29) is 11.0 Å². The molecule has 0 saturated heterocycles. The van der Waals surface area contributed by atoms with Gasteiger partial charge in [0.05, 0.1) is 21.3 Å². The van der Waals surface area contributed by atoms with E-state index in [1.807, 2.05) is 30.3 Å². The van der Waals surface area contributed by atoms with Crippen LogP contribution in [0, 0.1) is 0 Å². The molecule has 0 saturated carbocycles. The monoisotopic (exact) mass is 460 g/mol. The highest BCUT2D eigenvalue weighted by Crippen LogP contribution is 2.38. The minimum Gasteiger partial charge on any atom is -0.493 e. The third kappa shape index (κ3) is 4.83. The van der Waals surface area contributed by atoms with Crippen LogP contribution in [0.15, 0.2) is 60.7 Å². The Kier molecular flexibility index (Phi) is 6.60. The molecule has 2 N–H and O–H groups in total. The molecule has 0 atom stereocenters. The zero-order chi connectivity index (χ0) is 23.4. The first-order valence-electron chi connectivity index (χ1n) is 10.3. The average Bonchev–Trinajstić information content (AvgIpc) is 3.27. The maximum Gasteiger partial charge on any atom is 0.257 e. The van der Waals surface area contributed by atoms with Crippen LogP contribution >= 0.6 is 12.2 Å². The van der Waals surface area contributed by atoms with Crippen LogP contribution in [0.1, 0.15) is 21.8 Å². The van der Waals surface area contributed by atoms with Crippen molar-refractivity contribution in [2.75, 3.05) is 26.6 Å². The number of hydrogen-bond donors (Lipinski definition) is 2. The molecule has 0 aliphatic heterocycles. The molecule has 6 nitrogen and oxygen atoms in total. The third-order valence-corrected chi connectivity index (χ3v) is 5.60. The normalized spacial score (nSPS) is 12.1. The zero-order valence-corrected chi connectivity index (χ0v) is 19.4. The Morgan fingerprint density at radius 2 is 1.48 bits per heavy atom. The van der Waals surface area contributed by atoms with Gasteiger partial charge in [0.1, 0.15) is 0 Å². The number of carbonyl (C=O) groups is 1. The molecule has 1 aliphatic carbocycles. The van der Waals surface area contributed by atoms with Gasteiger partial charge >= 0.3 is 0 Å². The largest absolute Gasteiger partial charge is 0.493 e. The van der Waals surface area contributed by atoms with Crippen molar-refractivity contribution < 1.29 is 19.0 Å². The Labute approximate surface area is 197 Å². The molecule has 3 aromatic rings. The van der Waals surface area contributed by atoms with Crippen LogP contribution in [0.4, 0.5) is 5.69 Å². The summed E-state index contributed by atoms with van der Waals surface area (Å²) in [5.74, 6) is 0.983. The Hall–Kier alpha value is -3.84. The molecule has 0 fully saturated rings. The van der Waals surface area contributed by atoms with Crippen LogP contribution in [0.3, 0.4) is 0 Å². The van der Waals surface area contributed by atoms with E-state index in [9.17, 15) is 4.79 Å². The highest BCUT2D eigenvalue weighted by molar-refractivity contribution is 7.80. The number of ether oxygens (including phenoxy) is 3. The number of fused-ring (bicyclic) bond motifs is 1. The van der Waals surface area contributed by atoms with Crippen LogP contribution in [-0.4, -0.2) is 32.3 Å². The minimum absolute atomic E-state index is 0.187. The van der Waals surface area contributed by atoms with Crippen molar-refractivity contribution in [3.05, 3.63) is 82.2 Å². The second-order valence-corrected chi connectivity index (χ2v) is 7.84. The summed E-state index contributed by atoms with van der Waals surface area (Å²) in [5.41, 5.74) is 2.26. The zero-order valence-electron chi connectivity index (χ0n) is 18.5. The molecule has 7 heteroatoms. The predicted octanol–water partition coefficient (Wildman–Crippen LogP) is 3.20. The van der Waals surface area contributed by atoms with Gasteiger partial charge in [-0.05, 0) is 52.5 Å². The number of hydrogen-bond acceptors (Lipinski definition) is 5. The number of carbonyl (C=O) groups excluding carboxylic acids is 1. The quantitative estimate of drug-likeness (QED) is 0.551. The summed E-state index contributed by atoms with van der Waals surface area (Å²) in [6.07, 6.45) is 4.47. The molecule has 0 bridgehead atoms. The maximum atomic E-state index is 12.8. The van der Waals surface area contributed by atoms with Gasteiger partial charge in [-0.3, -0.25) is 10.1 Å². The minimum atomic E-state index is -0.393. The van der Waals surface area contributed by atoms with E-state index < -0.39 is 5.91 Å². The second kappa shape index (κ2) is 9.75. The first-order chi connectivity index (χ1) is 16.0. The number of amides is 1. The molecule has 4 rings (SSSR count). The summed E-state index contributed by atoms with van der Waals surface area (Å²) in [7, 11) is 4.50. The molecule has 0 heterocycles. The molecule has 0 radical (unpaired) electrons. The third-order valence-electron chi connectivity index (χ3n) is 5.40. The van der Waals surface area contributed by atoms with Crippen LogP contribution in [-0.2, 0) is 0 Å². The molecular weight excluding hydrogens is 436 g/mol. The van der Waals surface area contributed by atoms with Gasteiger partial charge in [-0.25, -0.2) is 0 Å². The lowest BCUT2D eigenvalue weighted by atomic mass is 10.00. The van der Waals surface area contributed by atoms with Crippen LogP contribution in [0.5, 0.6) is 17.2 Å². The summed E-state index contributed by atoms with van der Waals surface area (Å²) in [5, 5.41) is 8.44. The van der Waals surface area contributed by atoms with Crippen molar-refractivity contribution in [1.29, 1.82) is 0 Å². The molecule has 0 aromatic heterocycles. The number of thiocarbonyl (C=S) groups is 1. The van der Waals surface area contributed by atoms with Gasteiger partial charge < -0.3 is 19.5 Å². The van der Waals surface area contributed by atoms with Crippen molar-refractivity contribution >= 4 is 41.1 Å². The van der Waals surface area contributed by atoms with Crippen molar-refractivity contribution in [3.8, 4) is 17.2 Å². The van der Waals surface area contributed by atoms with Crippen molar-refractivity contribution in [2.45, 2.75) is 5.92 Å². The molecule has 168 valence electrons. The fourth-order valence-electron chi connectivity index (χ4n) is 3.82. The van der Waals surface area contributed by atoms with E-state index in [0.29, 0.717) is 22.8 Å². The van der Waals surface area contributed by atoms with Gasteiger partial charge in [-0.2, -0.15) is 0 Å². The molecule has 3 aromatic carbocycles. The Bertz CT molecular complexity index is 1280. The summed E-state index contributed by atoms with van der Waals surface area (Å²) < 4.78 is 15.9. The van der Waals surface area contributed by atoms with Gasteiger partial charge in [-0.15, -0.1) is 0 Å². The Balaban J connectivity index is 1.47. The number of benzene rings is 3. The van der Waals surface area contributed by atoms with E-state index in [0.717, 1.165) is 11.3 Å². The topological polar surface area (TPSA) is 68.8 Å². The lowest BCUT2D eigenvalue weighted by Gasteiger charge is -2.15. The van der Waals surface area contributed by atoms with Gasteiger partial charge in [0.15, 0.2) is 16.6 Å². The summed E-state index contributed by atoms with van der Waals surface area (Å²) in [6, 6.07) is 19.4. The van der Waals surface area contributed by atoms with Gasteiger partial charge in [0, 0.05) is 17.2 Å². The van der Waals surface area contributed by atoms with Gasteiger partial charge in [0.2, 0.25) is 5.75 Å². The average molecular weight is 461 g/mol. The summed E-state index contributed by atoms with van der Waals surface area (Å²) >= 11 is 5.37. The first-order valence-corrected chi connectivity index (χ1v) is 10.7. The van der Waals surface area contributed by atoms with Crippen molar-refractivity contribution in [2.24, 2.45) is 0 Å². The summed E-state index contributed by atoms with van der Waals surface area (Å²) in [6.45, 7) is 0. The van der Waals surface area contributed by atoms with Crippen LogP contribution < -0.4 is 35.3 Å². The molecular formula is C26H24N2O4S. The molecule has 0 unspecified atom stereocenters. The fraction of sp³-hybridized carbons (Fsp3) is 0.154. The SMILES string of the molecule is COc1cc(C(=O)NC(=S)Nc2cccc(C3C=c4ccccc4=C3)c2)cc(OC)c1OC. The van der Waals surface area contributed by atoms with Gasteiger partial charge in [0.25, 0.3) is 5.91 Å². The number of nitrogens with one attached hydrogen (secondary N) is 2. The lowest BCUT2D eigenvalue weighted by molar-refractivity contribution is 0.0977. The number of anilines is 1. The molecule has 0 spiro atoms. The molecule has 33 heavy (non-hydrogen) atoms. The van der Waals surface area contributed by atoms with E-state index in [1.165, 1.54) is 31.8 Å². The van der Waals surface area contributed by atoms with Crippen LogP contribution in [0.2, 0.25) is 0 Å². The number of rotatable bonds is 6.